The van der Waals surface area contributed by atoms with Gasteiger partial charge in [0, 0.05) is 12.6 Å². The summed E-state index contributed by atoms with van der Waals surface area (Å²) in [6.45, 7) is 2.60. The third kappa shape index (κ3) is 3.18. The van der Waals surface area contributed by atoms with Crippen molar-refractivity contribution in [1.29, 1.82) is 0 Å². The summed E-state index contributed by atoms with van der Waals surface area (Å²) in [4.78, 5) is 23.8. The molecule has 2 aliphatic rings. The third-order valence-corrected chi connectivity index (χ3v) is 6.14. The maximum atomic E-state index is 12.7. The van der Waals surface area contributed by atoms with Crippen LogP contribution in [-0.4, -0.2) is 32.4 Å². The lowest BCUT2D eigenvalue weighted by Gasteiger charge is -2.42. The molecule has 0 atom stereocenters. The van der Waals surface area contributed by atoms with E-state index in [2.05, 4.69) is 20.6 Å². The minimum absolute atomic E-state index is 0.0816. The Morgan fingerprint density at radius 2 is 1.96 bits per heavy atom. The summed E-state index contributed by atoms with van der Waals surface area (Å²) in [5.74, 6) is 2.60. The molecule has 0 bridgehead atoms. The van der Waals surface area contributed by atoms with Crippen molar-refractivity contribution < 1.29 is 4.79 Å². The summed E-state index contributed by atoms with van der Waals surface area (Å²) in [5, 5.41) is 13.8. The molecule has 26 heavy (non-hydrogen) atoms. The standard InChI is InChI=1S/C19H25N5O2/c1-12-15(11-21-24(12)17-8-9-18(25)23-22-17)19(26)20-10-16(13-4-2-5-13)14-6-3-7-14/h8-9,11,13-14,16H,2-7,10H2,1H3,(H,20,26)(H,23,25). The fourth-order valence-electron chi connectivity index (χ4n) is 4.08. The normalized spacial score (nSPS) is 17.8. The molecule has 2 aromatic heterocycles. The molecule has 7 heteroatoms. The second kappa shape index (κ2) is 7.05. The van der Waals surface area contributed by atoms with E-state index in [-0.39, 0.29) is 11.5 Å². The van der Waals surface area contributed by atoms with Crippen LogP contribution >= 0.6 is 0 Å². The van der Waals surface area contributed by atoms with E-state index in [0.717, 1.165) is 18.4 Å². The second-order valence-corrected chi connectivity index (χ2v) is 7.59. The molecule has 0 spiro atoms. The molecule has 1 amide bonds. The Morgan fingerprint density at radius 3 is 2.50 bits per heavy atom. The average Bonchev–Trinajstić information content (AvgIpc) is 2.91. The van der Waals surface area contributed by atoms with Crippen molar-refractivity contribution >= 4 is 5.91 Å². The number of hydrogen-bond donors (Lipinski definition) is 2. The molecule has 2 saturated carbocycles. The Hall–Kier alpha value is -2.44. The lowest BCUT2D eigenvalue weighted by atomic mass is 9.64. The molecule has 138 valence electrons. The van der Waals surface area contributed by atoms with Gasteiger partial charge in [0.1, 0.15) is 0 Å². The zero-order valence-corrected chi connectivity index (χ0v) is 15.1. The molecule has 0 unspecified atom stereocenters. The molecule has 2 fully saturated rings. The Morgan fingerprint density at radius 1 is 1.27 bits per heavy atom. The first-order valence-corrected chi connectivity index (χ1v) is 9.52. The largest absolute Gasteiger partial charge is 0.352 e. The first-order chi connectivity index (χ1) is 12.6. The van der Waals surface area contributed by atoms with Gasteiger partial charge in [-0.25, -0.2) is 9.78 Å². The Balaban J connectivity index is 1.44. The fourth-order valence-corrected chi connectivity index (χ4v) is 4.08. The molecule has 7 nitrogen and oxygen atoms in total. The number of carbonyl (C=O) groups is 1. The van der Waals surface area contributed by atoms with Gasteiger partial charge in [-0.15, -0.1) is 0 Å². The first kappa shape index (κ1) is 17.0. The second-order valence-electron chi connectivity index (χ2n) is 7.59. The first-order valence-electron chi connectivity index (χ1n) is 9.52. The van der Waals surface area contributed by atoms with Crippen LogP contribution in [0, 0.1) is 24.7 Å². The molecule has 2 heterocycles. The summed E-state index contributed by atoms with van der Waals surface area (Å²) in [6, 6.07) is 2.98. The molecular formula is C19H25N5O2. The molecule has 0 radical (unpaired) electrons. The van der Waals surface area contributed by atoms with E-state index in [1.54, 1.807) is 16.9 Å². The Bertz CT molecular complexity index is 813. The SMILES string of the molecule is Cc1c(C(=O)NCC(C2CCC2)C2CCC2)cnn1-c1ccc(=O)[nH]n1. The van der Waals surface area contributed by atoms with Crippen molar-refractivity contribution in [2.75, 3.05) is 6.54 Å². The van der Waals surface area contributed by atoms with Gasteiger partial charge in [0.15, 0.2) is 5.82 Å². The topological polar surface area (TPSA) is 92.7 Å². The van der Waals surface area contributed by atoms with Crippen molar-refractivity contribution in [2.45, 2.75) is 45.4 Å². The molecule has 2 aliphatic carbocycles. The number of amides is 1. The van der Waals surface area contributed by atoms with E-state index in [1.165, 1.54) is 44.6 Å². The Labute approximate surface area is 152 Å². The summed E-state index contributed by atoms with van der Waals surface area (Å²) in [5.41, 5.74) is 0.999. The minimum Gasteiger partial charge on any atom is -0.352 e. The van der Waals surface area contributed by atoms with Crippen LogP contribution in [0.1, 0.15) is 54.6 Å². The Kier molecular flexibility index (Phi) is 4.61. The third-order valence-electron chi connectivity index (χ3n) is 6.14. The van der Waals surface area contributed by atoms with Gasteiger partial charge >= 0.3 is 0 Å². The molecule has 4 rings (SSSR count). The van der Waals surface area contributed by atoms with Gasteiger partial charge in [0.2, 0.25) is 0 Å². The molecule has 0 aromatic carbocycles. The van der Waals surface area contributed by atoms with Gasteiger partial charge in [0.25, 0.3) is 11.5 Å². The van der Waals surface area contributed by atoms with Crippen LogP contribution in [0.4, 0.5) is 0 Å². The zero-order chi connectivity index (χ0) is 18.1. The highest BCUT2D eigenvalue weighted by atomic mass is 16.1. The van der Waals surface area contributed by atoms with Crippen LogP contribution in [0.15, 0.2) is 23.1 Å². The number of aromatic nitrogens is 4. The highest BCUT2D eigenvalue weighted by molar-refractivity contribution is 5.95. The van der Waals surface area contributed by atoms with E-state index < -0.39 is 0 Å². The summed E-state index contributed by atoms with van der Waals surface area (Å²) in [6.07, 6.45) is 9.48. The predicted molar refractivity (Wildman–Crippen MR) is 97.2 cm³/mol. The van der Waals surface area contributed by atoms with Crippen molar-refractivity contribution in [1.82, 2.24) is 25.3 Å². The van der Waals surface area contributed by atoms with Crippen LogP contribution in [0.5, 0.6) is 0 Å². The quantitative estimate of drug-likeness (QED) is 0.831. The van der Waals surface area contributed by atoms with Crippen LogP contribution in [-0.2, 0) is 0 Å². The summed E-state index contributed by atoms with van der Waals surface area (Å²) in [7, 11) is 0. The minimum atomic E-state index is -0.269. The molecule has 2 N–H and O–H groups in total. The smallest absolute Gasteiger partial charge is 0.264 e. The molecular weight excluding hydrogens is 330 g/mol. The fraction of sp³-hybridized carbons (Fsp3) is 0.579. The van der Waals surface area contributed by atoms with Crippen molar-refractivity contribution in [3.63, 3.8) is 0 Å². The van der Waals surface area contributed by atoms with Crippen LogP contribution in [0.2, 0.25) is 0 Å². The van der Waals surface area contributed by atoms with Gasteiger partial charge in [0.05, 0.1) is 17.5 Å². The zero-order valence-electron chi connectivity index (χ0n) is 15.1. The number of aromatic amines is 1. The van der Waals surface area contributed by atoms with Crippen LogP contribution < -0.4 is 10.9 Å². The lowest BCUT2D eigenvalue weighted by molar-refractivity contribution is 0.0791. The van der Waals surface area contributed by atoms with Crippen molar-refractivity contribution in [3.8, 4) is 5.82 Å². The van der Waals surface area contributed by atoms with Gasteiger partial charge < -0.3 is 5.32 Å². The number of nitrogens with one attached hydrogen (secondary N) is 2. The maximum Gasteiger partial charge on any atom is 0.264 e. The number of carbonyl (C=O) groups excluding carboxylic acids is 1. The van der Waals surface area contributed by atoms with E-state index in [9.17, 15) is 9.59 Å². The monoisotopic (exact) mass is 355 g/mol. The van der Waals surface area contributed by atoms with E-state index in [1.807, 2.05) is 6.92 Å². The van der Waals surface area contributed by atoms with E-state index >= 15 is 0 Å². The number of nitrogens with zero attached hydrogens (tertiary/aromatic N) is 3. The maximum absolute atomic E-state index is 12.7. The highest BCUT2D eigenvalue weighted by Gasteiger charge is 2.36. The van der Waals surface area contributed by atoms with Crippen LogP contribution in [0.3, 0.4) is 0 Å². The van der Waals surface area contributed by atoms with Gasteiger partial charge in [-0.05, 0) is 30.7 Å². The molecule has 0 aliphatic heterocycles. The van der Waals surface area contributed by atoms with E-state index in [4.69, 9.17) is 0 Å². The molecule has 2 aromatic rings. The molecule has 0 saturated heterocycles. The number of H-pyrrole nitrogens is 1. The van der Waals surface area contributed by atoms with Crippen LogP contribution in [0.25, 0.3) is 5.82 Å². The van der Waals surface area contributed by atoms with Gasteiger partial charge in [-0.3, -0.25) is 9.59 Å². The lowest BCUT2D eigenvalue weighted by Crippen LogP contribution is -2.41. The highest BCUT2D eigenvalue weighted by Crippen LogP contribution is 2.44. The number of rotatable bonds is 6. The number of hydrogen-bond acceptors (Lipinski definition) is 4. The predicted octanol–water partition coefficient (Wildman–Crippen LogP) is 2.21. The summed E-state index contributed by atoms with van der Waals surface area (Å²) >= 11 is 0. The van der Waals surface area contributed by atoms with Gasteiger partial charge in [-0.2, -0.15) is 10.2 Å². The average molecular weight is 355 g/mol. The van der Waals surface area contributed by atoms with Crippen molar-refractivity contribution in [3.05, 3.63) is 39.9 Å². The van der Waals surface area contributed by atoms with E-state index in [0.29, 0.717) is 23.0 Å². The van der Waals surface area contributed by atoms with Gasteiger partial charge in [-0.1, -0.05) is 38.5 Å². The summed E-state index contributed by atoms with van der Waals surface area (Å²) < 4.78 is 1.57. The van der Waals surface area contributed by atoms with Crippen molar-refractivity contribution in [2.24, 2.45) is 17.8 Å².